The molecule has 4 rings (SSSR count). The normalized spacial score (nSPS) is 16.6. The highest BCUT2D eigenvalue weighted by molar-refractivity contribution is 7.15. The lowest BCUT2D eigenvalue weighted by atomic mass is 10.1. The largest absolute Gasteiger partial charge is 0.337 e. The van der Waals surface area contributed by atoms with Gasteiger partial charge in [0.15, 0.2) is 5.13 Å². The summed E-state index contributed by atoms with van der Waals surface area (Å²) in [5, 5.41) is 3.59. The van der Waals surface area contributed by atoms with Crippen LogP contribution in [-0.2, 0) is 29.0 Å². The highest BCUT2D eigenvalue weighted by atomic mass is 32.1. The van der Waals surface area contributed by atoms with Crippen molar-refractivity contribution in [1.29, 1.82) is 0 Å². The summed E-state index contributed by atoms with van der Waals surface area (Å²) in [6, 6.07) is 9.82. The van der Waals surface area contributed by atoms with Crippen LogP contribution in [0.1, 0.15) is 29.0 Å². The summed E-state index contributed by atoms with van der Waals surface area (Å²) in [6.07, 6.45) is 3.16. The third-order valence-electron chi connectivity index (χ3n) is 4.46. The first-order valence-electron chi connectivity index (χ1n) is 8.30. The molecule has 24 heavy (non-hydrogen) atoms. The van der Waals surface area contributed by atoms with Crippen molar-refractivity contribution in [2.24, 2.45) is 5.92 Å². The number of nitrogens with zero attached hydrogens (tertiary/aromatic N) is 2. The summed E-state index contributed by atoms with van der Waals surface area (Å²) in [4.78, 5) is 31.9. The number of carbonyl (C=O) groups excluding carboxylic acids is 2. The Morgan fingerprint density at radius 1 is 1.25 bits per heavy atom. The number of benzene rings is 1. The van der Waals surface area contributed by atoms with Crippen LogP contribution in [0.5, 0.6) is 0 Å². The molecule has 1 aromatic heterocycles. The van der Waals surface area contributed by atoms with E-state index in [0.717, 1.165) is 35.4 Å². The molecule has 2 heterocycles. The molecule has 2 aliphatic rings. The molecule has 0 bridgehead atoms. The average molecular weight is 341 g/mol. The number of nitrogens with one attached hydrogen (secondary N) is 1. The topological polar surface area (TPSA) is 62.3 Å². The Morgan fingerprint density at radius 3 is 2.79 bits per heavy atom. The zero-order valence-electron chi connectivity index (χ0n) is 13.3. The number of hydrogen-bond acceptors (Lipinski definition) is 4. The minimum Gasteiger partial charge on any atom is -0.337 e. The number of aromatic nitrogens is 1. The summed E-state index contributed by atoms with van der Waals surface area (Å²) >= 11 is 1.50. The molecule has 2 aromatic rings. The third-order valence-corrected chi connectivity index (χ3v) is 5.46. The van der Waals surface area contributed by atoms with E-state index in [2.05, 4.69) is 10.3 Å². The molecule has 124 valence electrons. The highest BCUT2D eigenvalue weighted by Gasteiger charge is 2.31. The Hall–Kier alpha value is -2.21. The molecule has 1 saturated carbocycles. The van der Waals surface area contributed by atoms with Crippen molar-refractivity contribution in [1.82, 2.24) is 9.88 Å². The molecule has 5 nitrogen and oxygen atoms in total. The molecular weight excluding hydrogens is 322 g/mol. The zero-order chi connectivity index (χ0) is 16.5. The van der Waals surface area contributed by atoms with E-state index >= 15 is 0 Å². The number of rotatable bonds is 4. The lowest BCUT2D eigenvalue weighted by Gasteiger charge is -2.26. The van der Waals surface area contributed by atoms with Gasteiger partial charge in [-0.05, 0) is 18.4 Å². The molecule has 2 amide bonds. The Bertz CT molecular complexity index is 768. The van der Waals surface area contributed by atoms with Crippen molar-refractivity contribution in [2.45, 2.75) is 32.2 Å². The summed E-state index contributed by atoms with van der Waals surface area (Å²) in [5.74, 6) is 0.400. The van der Waals surface area contributed by atoms with E-state index in [1.54, 1.807) is 0 Å². The van der Waals surface area contributed by atoms with Crippen LogP contribution in [0, 0.1) is 5.92 Å². The van der Waals surface area contributed by atoms with Crippen LogP contribution in [0.15, 0.2) is 30.3 Å². The molecule has 1 N–H and O–H groups in total. The van der Waals surface area contributed by atoms with Gasteiger partial charge in [0.1, 0.15) is 0 Å². The molecule has 0 unspecified atom stereocenters. The van der Waals surface area contributed by atoms with Crippen molar-refractivity contribution in [3.63, 3.8) is 0 Å². The van der Waals surface area contributed by atoms with Crippen molar-refractivity contribution in [2.75, 3.05) is 11.9 Å². The van der Waals surface area contributed by atoms with E-state index in [-0.39, 0.29) is 17.7 Å². The van der Waals surface area contributed by atoms with E-state index in [9.17, 15) is 9.59 Å². The van der Waals surface area contributed by atoms with Crippen LogP contribution in [0.25, 0.3) is 0 Å². The van der Waals surface area contributed by atoms with E-state index in [4.69, 9.17) is 0 Å². The van der Waals surface area contributed by atoms with Gasteiger partial charge in [-0.2, -0.15) is 0 Å². The van der Waals surface area contributed by atoms with Gasteiger partial charge in [0.2, 0.25) is 11.8 Å². The summed E-state index contributed by atoms with van der Waals surface area (Å²) in [6.45, 7) is 1.29. The number of amides is 2. The SMILES string of the molecule is O=C(Nc1nc2c(s1)CN(C(=O)Cc1ccccc1)CC2)C1CC1. The van der Waals surface area contributed by atoms with Crippen molar-refractivity contribution in [3.05, 3.63) is 46.5 Å². The fourth-order valence-corrected chi connectivity index (χ4v) is 3.92. The molecule has 0 radical (unpaired) electrons. The maximum Gasteiger partial charge on any atom is 0.229 e. The van der Waals surface area contributed by atoms with E-state index in [1.807, 2.05) is 35.2 Å². The van der Waals surface area contributed by atoms with Crippen LogP contribution >= 0.6 is 11.3 Å². The number of thiazole rings is 1. The van der Waals surface area contributed by atoms with Gasteiger partial charge in [-0.15, -0.1) is 0 Å². The third kappa shape index (κ3) is 3.33. The van der Waals surface area contributed by atoms with Crippen molar-refractivity contribution in [3.8, 4) is 0 Å². The minimum absolute atomic E-state index is 0.0816. The lowest BCUT2D eigenvalue weighted by Crippen LogP contribution is -2.36. The predicted molar refractivity (Wildman–Crippen MR) is 92.7 cm³/mol. The standard InChI is InChI=1S/C18H19N3O2S/c22-16(10-12-4-2-1-3-5-12)21-9-8-14-15(11-21)24-18(19-14)20-17(23)13-6-7-13/h1-5,13H,6-11H2,(H,19,20,23). The first kappa shape index (κ1) is 15.3. The van der Waals surface area contributed by atoms with Gasteiger partial charge in [-0.3, -0.25) is 9.59 Å². The number of fused-ring (bicyclic) bond motifs is 1. The monoisotopic (exact) mass is 341 g/mol. The quantitative estimate of drug-likeness (QED) is 0.930. The van der Waals surface area contributed by atoms with Crippen LogP contribution < -0.4 is 5.32 Å². The highest BCUT2D eigenvalue weighted by Crippen LogP contribution is 2.33. The van der Waals surface area contributed by atoms with Crippen molar-refractivity contribution >= 4 is 28.3 Å². The van der Waals surface area contributed by atoms with Crippen LogP contribution in [-0.4, -0.2) is 28.2 Å². The van der Waals surface area contributed by atoms with E-state index in [1.165, 1.54) is 11.3 Å². The van der Waals surface area contributed by atoms with E-state index in [0.29, 0.717) is 24.6 Å². The first-order valence-corrected chi connectivity index (χ1v) is 9.12. The molecule has 1 aliphatic carbocycles. The van der Waals surface area contributed by atoms with Gasteiger partial charge in [0.25, 0.3) is 0 Å². The Balaban J connectivity index is 1.40. The molecule has 0 atom stereocenters. The van der Waals surface area contributed by atoms with Crippen LogP contribution in [0.2, 0.25) is 0 Å². The molecule has 1 aromatic carbocycles. The van der Waals surface area contributed by atoms with E-state index < -0.39 is 0 Å². The van der Waals surface area contributed by atoms with Gasteiger partial charge >= 0.3 is 0 Å². The van der Waals surface area contributed by atoms with Gasteiger partial charge in [-0.25, -0.2) is 4.98 Å². The average Bonchev–Trinajstić information content (AvgIpc) is 3.36. The molecule has 1 aliphatic heterocycles. The van der Waals surface area contributed by atoms with Gasteiger partial charge < -0.3 is 10.2 Å². The number of anilines is 1. The smallest absolute Gasteiger partial charge is 0.229 e. The summed E-state index contributed by atoms with van der Waals surface area (Å²) in [7, 11) is 0. The summed E-state index contributed by atoms with van der Waals surface area (Å²) < 4.78 is 0. The zero-order valence-corrected chi connectivity index (χ0v) is 14.1. The Kier molecular flexibility index (Phi) is 4.06. The summed E-state index contributed by atoms with van der Waals surface area (Å²) in [5.41, 5.74) is 2.06. The fraction of sp³-hybridized carbons (Fsp3) is 0.389. The predicted octanol–water partition coefficient (Wildman–Crippen LogP) is 2.62. The fourth-order valence-electron chi connectivity index (χ4n) is 2.90. The number of hydrogen-bond donors (Lipinski definition) is 1. The van der Waals surface area contributed by atoms with Crippen LogP contribution in [0.4, 0.5) is 5.13 Å². The molecule has 1 fully saturated rings. The Morgan fingerprint density at radius 2 is 2.04 bits per heavy atom. The minimum atomic E-state index is 0.0816. The molecular formula is C18H19N3O2S. The van der Waals surface area contributed by atoms with Gasteiger partial charge in [-0.1, -0.05) is 41.7 Å². The van der Waals surface area contributed by atoms with Crippen molar-refractivity contribution < 1.29 is 9.59 Å². The number of carbonyl (C=O) groups is 2. The second-order valence-corrected chi connectivity index (χ2v) is 7.46. The maximum atomic E-state index is 12.5. The first-order chi connectivity index (χ1) is 11.7. The molecule has 0 spiro atoms. The van der Waals surface area contributed by atoms with Gasteiger partial charge in [0.05, 0.1) is 18.7 Å². The Labute approximate surface area is 144 Å². The molecule has 6 heteroatoms. The van der Waals surface area contributed by atoms with Gasteiger partial charge in [0, 0.05) is 23.8 Å². The maximum absolute atomic E-state index is 12.5. The lowest BCUT2D eigenvalue weighted by molar-refractivity contribution is -0.131. The second-order valence-electron chi connectivity index (χ2n) is 6.38. The second kappa shape index (κ2) is 6.36. The van der Waals surface area contributed by atoms with Crippen LogP contribution in [0.3, 0.4) is 0 Å². The molecule has 0 saturated heterocycles.